The Balaban J connectivity index is 2.00. The lowest BCUT2D eigenvalue weighted by molar-refractivity contribution is -0.135. The molecule has 0 radical (unpaired) electrons. The molecule has 0 fully saturated rings. The average molecular weight is 318 g/mol. The number of hydrogen-bond donors (Lipinski definition) is 0. The third-order valence-corrected chi connectivity index (χ3v) is 4.04. The van der Waals surface area contributed by atoms with E-state index in [9.17, 15) is 4.79 Å². The van der Waals surface area contributed by atoms with Crippen molar-refractivity contribution in [1.29, 1.82) is 0 Å². The lowest BCUT2D eigenvalue weighted by atomic mass is 10.1. The predicted octanol–water partition coefficient (Wildman–Crippen LogP) is 2.66. The van der Waals surface area contributed by atoms with Crippen LogP contribution in [0.15, 0.2) is 30.4 Å². The van der Waals surface area contributed by atoms with E-state index in [1.807, 2.05) is 55.8 Å². The van der Waals surface area contributed by atoms with Crippen molar-refractivity contribution in [2.75, 3.05) is 26.9 Å². The average Bonchev–Trinajstić information content (AvgIpc) is 2.98. The van der Waals surface area contributed by atoms with Gasteiger partial charge in [0.1, 0.15) is 0 Å². The Morgan fingerprint density at radius 2 is 2.04 bits per heavy atom. The van der Waals surface area contributed by atoms with Crippen molar-refractivity contribution in [3.05, 3.63) is 35.9 Å². The first-order valence-corrected chi connectivity index (χ1v) is 7.94. The summed E-state index contributed by atoms with van der Waals surface area (Å²) in [5.41, 5.74) is 2.09. The normalized spacial score (nSPS) is 14.0. The van der Waals surface area contributed by atoms with Gasteiger partial charge in [0.2, 0.25) is 12.7 Å². The number of benzene rings is 1. The summed E-state index contributed by atoms with van der Waals surface area (Å²) in [5, 5.41) is 0. The van der Waals surface area contributed by atoms with E-state index in [-0.39, 0.29) is 18.7 Å². The predicted molar refractivity (Wildman–Crippen MR) is 90.6 cm³/mol. The van der Waals surface area contributed by atoms with Crippen LogP contribution in [0.4, 0.5) is 0 Å². The summed E-state index contributed by atoms with van der Waals surface area (Å²) in [6.07, 6.45) is 0. The van der Waals surface area contributed by atoms with Crippen LogP contribution in [-0.4, -0.2) is 48.7 Å². The van der Waals surface area contributed by atoms with Crippen LogP contribution in [0.3, 0.4) is 0 Å². The van der Waals surface area contributed by atoms with Crippen molar-refractivity contribution in [2.45, 2.75) is 33.4 Å². The van der Waals surface area contributed by atoms with E-state index in [1.54, 1.807) is 0 Å². The molecule has 23 heavy (non-hydrogen) atoms. The first-order valence-electron chi connectivity index (χ1n) is 7.94. The smallest absolute Gasteiger partial charge is 0.239 e. The number of carbonyl (C=O) groups excluding carboxylic acids is 1. The number of ether oxygens (including phenoxy) is 2. The van der Waals surface area contributed by atoms with Crippen LogP contribution in [-0.2, 0) is 11.3 Å². The van der Waals surface area contributed by atoms with Gasteiger partial charge >= 0.3 is 0 Å². The molecular weight excluding hydrogens is 292 g/mol. The maximum atomic E-state index is 12.6. The van der Waals surface area contributed by atoms with E-state index in [4.69, 9.17) is 9.47 Å². The highest BCUT2D eigenvalue weighted by Crippen LogP contribution is 2.32. The molecule has 1 atom stereocenters. The Labute approximate surface area is 138 Å². The molecule has 5 heteroatoms. The topological polar surface area (TPSA) is 42.0 Å². The molecule has 1 aromatic rings. The van der Waals surface area contributed by atoms with Crippen LogP contribution in [0.25, 0.3) is 0 Å². The number of hydrogen-bond acceptors (Lipinski definition) is 4. The molecule has 1 unspecified atom stereocenters. The molecule has 2 rings (SSSR count). The third kappa shape index (κ3) is 4.26. The summed E-state index contributed by atoms with van der Waals surface area (Å²) in [4.78, 5) is 16.5. The molecule has 1 aliphatic heterocycles. The van der Waals surface area contributed by atoms with Crippen molar-refractivity contribution in [2.24, 2.45) is 0 Å². The van der Waals surface area contributed by atoms with E-state index >= 15 is 0 Å². The van der Waals surface area contributed by atoms with Crippen LogP contribution in [0.1, 0.15) is 26.3 Å². The Morgan fingerprint density at radius 3 is 2.70 bits per heavy atom. The quantitative estimate of drug-likeness (QED) is 0.725. The van der Waals surface area contributed by atoms with E-state index in [1.165, 1.54) is 0 Å². The molecule has 1 heterocycles. The number of nitrogens with zero attached hydrogens (tertiary/aromatic N) is 2. The SMILES string of the molecule is C=C(C)CN(CC)C(=O)C(C)N(C)Cc1ccc2c(c1)OCO2. The highest BCUT2D eigenvalue weighted by atomic mass is 16.7. The van der Waals surface area contributed by atoms with Crippen molar-refractivity contribution in [3.63, 3.8) is 0 Å². The minimum absolute atomic E-state index is 0.124. The zero-order chi connectivity index (χ0) is 17.0. The zero-order valence-electron chi connectivity index (χ0n) is 14.5. The summed E-state index contributed by atoms with van der Waals surface area (Å²) in [6, 6.07) is 5.70. The summed E-state index contributed by atoms with van der Waals surface area (Å²) in [7, 11) is 1.96. The van der Waals surface area contributed by atoms with Gasteiger partial charge in [-0.2, -0.15) is 0 Å². The molecule has 126 valence electrons. The van der Waals surface area contributed by atoms with Gasteiger partial charge in [0, 0.05) is 19.6 Å². The van der Waals surface area contributed by atoms with E-state index in [0.717, 1.165) is 22.6 Å². The van der Waals surface area contributed by atoms with Crippen molar-refractivity contribution in [3.8, 4) is 11.5 Å². The third-order valence-electron chi connectivity index (χ3n) is 4.04. The van der Waals surface area contributed by atoms with Gasteiger partial charge in [-0.25, -0.2) is 0 Å². The summed E-state index contributed by atoms with van der Waals surface area (Å²) < 4.78 is 10.7. The number of carbonyl (C=O) groups is 1. The fourth-order valence-electron chi connectivity index (χ4n) is 2.59. The van der Waals surface area contributed by atoms with Gasteiger partial charge in [0.15, 0.2) is 11.5 Å². The van der Waals surface area contributed by atoms with Crippen LogP contribution >= 0.6 is 0 Å². The molecule has 0 spiro atoms. The largest absolute Gasteiger partial charge is 0.454 e. The molecule has 0 saturated heterocycles. The molecular formula is C18H26N2O3. The number of amides is 1. The molecule has 0 aromatic heterocycles. The molecule has 0 N–H and O–H groups in total. The van der Waals surface area contributed by atoms with E-state index < -0.39 is 0 Å². The molecule has 0 bridgehead atoms. The first-order chi connectivity index (χ1) is 10.9. The molecule has 5 nitrogen and oxygen atoms in total. The highest BCUT2D eigenvalue weighted by molar-refractivity contribution is 5.81. The number of fused-ring (bicyclic) bond motifs is 1. The Bertz CT molecular complexity index is 586. The number of likely N-dealkylation sites (N-methyl/N-ethyl adjacent to an activating group) is 2. The second kappa shape index (κ2) is 7.51. The number of rotatable bonds is 7. The Hall–Kier alpha value is -2.01. The maximum absolute atomic E-state index is 12.6. The van der Waals surface area contributed by atoms with Crippen LogP contribution in [0, 0.1) is 0 Å². The Kier molecular flexibility index (Phi) is 5.66. The summed E-state index contributed by atoms with van der Waals surface area (Å²) in [5.74, 6) is 1.67. The minimum Gasteiger partial charge on any atom is -0.454 e. The van der Waals surface area contributed by atoms with Crippen LogP contribution in [0.2, 0.25) is 0 Å². The fraction of sp³-hybridized carbons (Fsp3) is 0.500. The molecule has 0 saturated carbocycles. The van der Waals surface area contributed by atoms with Crippen molar-refractivity contribution < 1.29 is 14.3 Å². The second-order valence-corrected chi connectivity index (χ2v) is 6.09. The van der Waals surface area contributed by atoms with E-state index in [2.05, 4.69) is 6.58 Å². The van der Waals surface area contributed by atoms with Crippen LogP contribution in [0.5, 0.6) is 11.5 Å². The van der Waals surface area contributed by atoms with Gasteiger partial charge in [0.05, 0.1) is 6.04 Å². The monoisotopic (exact) mass is 318 g/mol. The molecule has 0 aliphatic carbocycles. The standard InChI is InChI=1S/C18H26N2O3/c1-6-20(10-13(2)3)18(21)14(4)19(5)11-15-7-8-16-17(9-15)23-12-22-16/h7-9,14H,2,6,10-12H2,1,3-5H3. The lowest BCUT2D eigenvalue weighted by Gasteiger charge is -2.30. The van der Waals surface area contributed by atoms with Gasteiger partial charge in [0.25, 0.3) is 0 Å². The minimum atomic E-state index is -0.195. The maximum Gasteiger partial charge on any atom is 0.239 e. The molecule has 1 aliphatic rings. The molecule has 1 aromatic carbocycles. The zero-order valence-corrected chi connectivity index (χ0v) is 14.5. The Morgan fingerprint density at radius 1 is 1.35 bits per heavy atom. The second-order valence-electron chi connectivity index (χ2n) is 6.09. The van der Waals surface area contributed by atoms with Gasteiger partial charge in [-0.05, 0) is 45.5 Å². The first kappa shape index (κ1) is 17.3. The summed E-state index contributed by atoms with van der Waals surface area (Å²) >= 11 is 0. The fourth-order valence-corrected chi connectivity index (χ4v) is 2.59. The van der Waals surface area contributed by atoms with Crippen LogP contribution < -0.4 is 9.47 Å². The van der Waals surface area contributed by atoms with Gasteiger partial charge in [-0.15, -0.1) is 0 Å². The van der Waals surface area contributed by atoms with Gasteiger partial charge in [-0.1, -0.05) is 18.2 Å². The lowest BCUT2D eigenvalue weighted by Crippen LogP contribution is -2.45. The van der Waals surface area contributed by atoms with Crippen molar-refractivity contribution in [1.82, 2.24) is 9.80 Å². The highest BCUT2D eigenvalue weighted by Gasteiger charge is 2.23. The van der Waals surface area contributed by atoms with Gasteiger partial charge in [-0.3, -0.25) is 9.69 Å². The summed E-state index contributed by atoms with van der Waals surface area (Å²) in [6.45, 7) is 12.0. The van der Waals surface area contributed by atoms with E-state index in [0.29, 0.717) is 19.6 Å². The van der Waals surface area contributed by atoms with Crippen molar-refractivity contribution >= 4 is 5.91 Å². The molecule has 1 amide bonds. The van der Waals surface area contributed by atoms with Gasteiger partial charge < -0.3 is 14.4 Å².